The standard InChI is InChI=1S/C27H26N4O2.C2HF3O2/c1-33-25-9-8-23(17-30-25)18-2-5-21(6-3-18)27(32)31-14-11-19(12-15-31)22-7-4-20-10-13-29-26(28)24(20)16-22;3-2(4,5)1(6)7/h2-10,13,16-17,19H,11-12,14-15H2,1H3,(H2,28,29);(H,6,7). The number of hydrogen-bond donors (Lipinski definition) is 2. The Bertz CT molecular complexity index is 1480. The van der Waals surface area contributed by atoms with Gasteiger partial charge in [-0.1, -0.05) is 24.3 Å². The molecule has 2 aromatic heterocycles. The molecule has 1 amide bonds. The quantitative estimate of drug-likeness (QED) is 0.341. The van der Waals surface area contributed by atoms with Gasteiger partial charge in [0, 0.05) is 48.1 Å². The number of anilines is 1. The van der Waals surface area contributed by atoms with E-state index < -0.39 is 12.1 Å². The summed E-state index contributed by atoms with van der Waals surface area (Å²) in [4.78, 5) is 32.4. The van der Waals surface area contributed by atoms with Crippen LogP contribution < -0.4 is 10.5 Å². The molecule has 3 heterocycles. The fourth-order valence-corrected chi connectivity index (χ4v) is 4.54. The van der Waals surface area contributed by atoms with E-state index in [1.165, 1.54) is 5.56 Å². The van der Waals surface area contributed by atoms with Crippen molar-refractivity contribution >= 4 is 28.5 Å². The Morgan fingerprint density at radius 2 is 1.62 bits per heavy atom. The summed E-state index contributed by atoms with van der Waals surface area (Å²) >= 11 is 0. The summed E-state index contributed by atoms with van der Waals surface area (Å²) in [5, 5.41) is 9.23. The van der Waals surface area contributed by atoms with Crippen molar-refractivity contribution in [2.24, 2.45) is 0 Å². The van der Waals surface area contributed by atoms with E-state index in [9.17, 15) is 18.0 Å². The number of carboxylic acid groups (broad SMARTS) is 1. The number of aliphatic carboxylic acids is 1. The Labute approximate surface area is 228 Å². The number of amides is 1. The molecule has 0 atom stereocenters. The first-order valence-electron chi connectivity index (χ1n) is 12.4. The van der Waals surface area contributed by atoms with Crippen molar-refractivity contribution in [1.82, 2.24) is 14.9 Å². The van der Waals surface area contributed by atoms with Crippen LogP contribution in [-0.2, 0) is 4.79 Å². The van der Waals surface area contributed by atoms with Crippen molar-refractivity contribution in [3.8, 4) is 17.0 Å². The normalized spacial score (nSPS) is 13.8. The summed E-state index contributed by atoms with van der Waals surface area (Å²) in [5.41, 5.74) is 10.1. The molecule has 0 unspecified atom stereocenters. The van der Waals surface area contributed by atoms with Gasteiger partial charge in [-0.15, -0.1) is 0 Å². The maximum atomic E-state index is 13.1. The largest absolute Gasteiger partial charge is 0.490 e. The second-order valence-electron chi connectivity index (χ2n) is 9.21. The highest BCUT2D eigenvalue weighted by atomic mass is 19.4. The van der Waals surface area contributed by atoms with Gasteiger partial charge in [0.05, 0.1) is 7.11 Å². The number of alkyl halides is 3. The zero-order chi connectivity index (χ0) is 28.9. The molecule has 4 aromatic rings. The Hall–Kier alpha value is -4.67. The third kappa shape index (κ3) is 6.66. The van der Waals surface area contributed by atoms with E-state index in [-0.39, 0.29) is 5.91 Å². The van der Waals surface area contributed by atoms with Crippen molar-refractivity contribution in [1.29, 1.82) is 0 Å². The van der Waals surface area contributed by atoms with E-state index in [0.29, 0.717) is 23.2 Å². The predicted octanol–water partition coefficient (Wildman–Crippen LogP) is 5.54. The van der Waals surface area contributed by atoms with Crippen molar-refractivity contribution in [3.63, 3.8) is 0 Å². The second kappa shape index (κ2) is 12.0. The Kier molecular flexibility index (Phi) is 8.52. The van der Waals surface area contributed by atoms with Gasteiger partial charge in [0.1, 0.15) is 5.82 Å². The molecule has 1 saturated heterocycles. The molecule has 11 heteroatoms. The number of benzene rings is 2. The summed E-state index contributed by atoms with van der Waals surface area (Å²) in [6.07, 6.45) is 0.304. The number of aromatic nitrogens is 2. The van der Waals surface area contributed by atoms with Crippen LogP contribution in [0.25, 0.3) is 21.9 Å². The molecule has 208 valence electrons. The zero-order valence-corrected chi connectivity index (χ0v) is 21.6. The number of piperidine rings is 1. The lowest BCUT2D eigenvalue weighted by atomic mass is 9.88. The molecule has 1 aliphatic rings. The van der Waals surface area contributed by atoms with Gasteiger partial charge in [0.2, 0.25) is 5.88 Å². The number of methoxy groups -OCH3 is 1. The molecular weight excluding hydrogens is 525 g/mol. The van der Waals surface area contributed by atoms with Gasteiger partial charge in [-0.3, -0.25) is 4.79 Å². The molecule has 1 aliphatic heterocycles. The molecule has 0 saturated carbocycles. The molecule has 5 rings (SSSR count). The summed E-state index contributed by atoms with van der Waals surface area (Å²) in [6, 6.07) is 20.0. The number of carbonyl (C=O) groups is 2. The highest BCUT2D eigenvalue weighted by Crippen LogP contribution is 2.32. The average molecular weight is 553 g/mol. The lowest BCUT2D eigenvalue weighted by molar-refractivity contribution is -0.192. The number of nitrogens with zero attached hydrogens (tertiary/aromatic N) is 3. The molecule has 1 fully saturated rings. The van der Waals surface area contributed by atoms with E-state index in [0.717, 1.165) is 47.8 Å². The van der Waals surface area contributed by atoms with E-state index in [2.05, 4.69) is 28.2 Å². The summed E-state index contributed by atoms with van der Waals surface area (Å²) in [5.74, 6) is -1.11. The lowest BCUT2D eigenvalue weighted by Gasteiger charge is -2.32. The highest BCUT2D eigenvalue weighted by Gasteiger charge is 2.38. The number of pyridine rings is 2. The first-order chi connectivity index (χ1) is 19.1. The first kappa shape index (κ1) is 28.3. The van der Waals surface area contributed by atoms with Gasteiger partial charge in [0.15, 0.2) is 0 Å². The van der Waals surface area contributed by atoms with Gasteiger partial charge in [-0.25, -0.2) is 14.8 Å². The van der Waals surface area contributed by atoms with Crippen molar-refractivity contribution < 1.29 is 32.6 Å². The van der Waals surface area contributed by atoms with Crippen LogP contribution in [0.1, 0.15) is 34.7 Å². The van der Waals surface area contributed by atoms with Crippen molar-refractivity contribution in [2.75, 3.05) is 25.9 Å². The molecule has 0 bridgehead atoms. The number of ether oxygens (including phenoxy) is 1. The Morgan fingerprint density at radius 1 is 0.975 bits per heavy atom. The summed E-state index contributed by atoms with van der Waals surface area (Å²) in [6.45, 7) is 1.49. The monoisotopic (exact) mass is 552 g/mol. The SMILES string of the molecule is COc1ccc(-c2ccc(C(=O)N3CCC(c4ccc5ccnc(N)c5c4)CC3)cc2)cn1.O=C(O)C(F)(F)F. The molecule has 8 nitrogen and oxygen atoms in total. The van der Waals surface area contributed by atoms with E-state index in [1.54, 1.807) is 19.5 Å². The predicted molar refractivity (Wildman–Crippen MR) is 144 cm³/mol. The number of likely N-dealkylation sites (tertiary alicyclic amines) is 1. The number of carboxylic acids is 1. The molecule has 40 heavy (non-hydrogen) atoms. The number of nitrogen functional groups attached to an aromatic ring is 1. The number of carbonyl (C=O) groups excluding carboxylic acids is 1. The van der Waals surface area contributed by atoms with Crippen molar-refractivity contribution in [2.45, 2.75) is 24.9 Å². The van der Waals surface area contributed by atoms with E-state index >= 15 is 0 Å². The van der Waals surface area contributed by atoms with Crippen LogP contribution in [0, 0.1) is 0 Å². The molecular formula is C29H27F3N4O4. The van der Waals surface area contributed by atoms with Crippen LogP contribution >= 0.6 is 0 Å². The lowest BCUT2D eigenvalue weighted by Crippen LogP contribution is -2.37. The fourth-order valence-electron chi connectivity index (χ4n) is 4.54. The van der Waals surface area contributed by atoms with Crippen LogP contribution in [0.15, 0.2) is 73.1 Å². The van der Waals surface area contributed by atoms with Gasteiger partial charge >= 0.3 is 12.1 Å². The maximum absolute atomic E-state index is 13.1. The zero-order valence-electron chi connectivity index (χ0n) is 21.6. The van der Waals surface area contributed by atoms with Gasteiger partial charge in [-0.2, -0.15) is 13.2 Å². The Morgan fingerprint density at radius 3 is 2.20 bits per heavy atom. The third-order valence-electron chi connectivity index (χ3n) is 6.73. The van der Waals surface area contributed by atoms with Gasteiger partial charge in [-0.05, 0) is 65.6 Å². The number of halogens is 3. The molecule has 0 spiro atoms. The minimum absolute atomic E-state index is 0.0832. The minimum atomic E-state index is -5.08. The first-order valence-corrected chi connectivity index (χ1v) is 12.4. The minimum Gasteiger partial charge on any atom is -0.481 e. The van der Waals surface area contributed by atoms with Crippen LogP contribution in [-0.4, -0.2) is 58.2 Å². The smallest absolute Gasteiger partial charge is 0.481 e. The fraction of sp³-hybridized carbons (Fsp3) is 0.241. The summed E-state index contributed by atoms with van der Waals surface area (Å²) in [7, 11) is 1.60. The number of hydrogen-bond acceptors (Lipinski definition) is 6. The average Bonchev–Trinajstić information content (AvgIpc) is 2.97. The van der Waals surface area contributed by atoms with Crippen LogP contribution in [0.5, 0.6) is 5.88 Å². The van der Waals surface area contributed by atoms with Crippen LogP contribution in [0.4, 0.5) is 19.0 Å². The van der Waals surface area contributed by atoms with Crippen molar-refractivity contribution in [3.05, 3.63) is 84.2 Å². The third-order valence-corrected chi connectivity index (χ3v) is 6.73. The van der Waals surface area contributed by atoms with E-state index in [4.69, 9.17) is 20.4 Å². The number of nitrogens with two attached hydrogens (primary N) is 1. The van der Waals surface area contributed by atoms with Gasteiger partial charge < -0.3 is 20.5 Å². The highest BCUT2D eigenvalue weighted by molar-refractivity contribution is 5.95. The molecule has 3 N–H and O–H groups in total. The molecule has 2 aromatic carbocycles. The second-order valence-corrected chi connectivity index (χ2v) is 9.21. The van der Waals surface area contributed by atoms with E-state index in [1.807, 2.05) is 47.4 Å². The number of fused-ring (bicyclic) bond motifs is 1. The molecule has 0 radical (unpaired) electrons. The maximum Gasteiger partial charge on any atom is 0.490 e. The molecule has 0 aliphatic carbocycles. The topological polar surface area (TPSA) is 119 Å². The summed E-state index contributed by atoms with van der Waals surface area (Å²) < 4.78 is 36.8. The van der Waals surface area contributed by atoms with Crippen LogP contribution in [0.2, 0.25) is 0 Å². The number of rotatable bonds is 4. The Balaban J connectivity index is 0.000000470. The van der Waals surface area contributed by atoms with Crippen LogP contribution in [0.3, 0.4) is 0 Å². The van der Waals surface area contributed by atoms with Gasteiger partial charge in [0.25, 0.3) is 5.91 Å².